The minimum Gasteiger partial charge on any atom is -0.445 e. The van der Waals surface area contributed by atoms with Crippen molar-refractivity contribution in [1.29, 1.82) is 0 Å². The van der Waals surface area contributed by atoms with Gasteiger partial charge in [-0.05, 0) is 30.4 Å². The van der Waals surface area contributed by atoms with Crippen molar-refractivity contribution in [2.24, 2.45) is 5.92 Å². The summed E-state index contributed by atoms with van der Waals surface area (Å²) in [5, 5.41) is 12.3. The number of ether oxygens (including phenoxy) is 1. The van der Waals surface area contributed by atoms with Gasteiger partial charge in [-0.1, -0.05) is 36.4 Å². The van der Waals surface area contributed by atoms with Gasteiger partial charge in [-0.2, -0.15) is 0 Å². The Kier molecular flexibility index (Phi) is 6.53. The predicted molar refractivity (Wildman–Crippen MR) is 112 cm³/mol. The first kappa shape index (κ1) is 21.3. The summed E-state index contributed by atoms with van der Waals surface area (Å²) in [6.07, 6.45) is 2.97. The Morgan fingerprint density at radius 1 is 1.10 bits per heavy atom. The average molecular weight is 428 g/mol. The molecule has 31 heavy (non-hydrogen) atoms. The van der Waals surface area contributed by atoms with E-state index in [0.29, 0.717) is 26.2 Å². The zero-order valence-electron chi connectivity index (χ0n) is 17.3. The van der Waals surface area contributed by atoms with Gasteiger partial charge in [-0.3, -0.25) is 14.8 Å². The van der Waals surface area contributed by atoms with E-state index in [1.807, 2.05) is 24.3 Å². The van der Waals surface area contributed by atoms with E-state index in [1.165, 1.54) is 5.57 Å². The summed E-state index contributed by atoms with van der Waals surface area (Å²) in [6.45, 7) is 2.65. The van der Waals surface area contributed by atoms with Crippen molar-refractivity contribution in [3.63, 3.8) is 0 Å². The smallest absolute Gasteiger partial charge is 0.410 e. The summed E-state index contributed by atoms with van der Waals surface area (Å²) in [5.74, 6) is -1.68. The maximum Gasteiger partial charge on any atom is 0.410 e. The van der Waals surface area contributed by atoms with Crippen molar-refractivity contribution < 1.29 is 24.3 Å². The van der Waals surface area contributed by atoms with E-state index in [1.54, 1.807) is 15.3 Å². The van der Waals surface area contributed by atoms with Crippen molar-refractivity contribution in [1.82, 2.24) is 20.6 Å². The Bertz CT molecular complexity index is 855. The van der Waals surface area contributed by atoms with Crippen LogP contribution in [0, 0.1) is 5.92 Å². The lowest BCUT2D eigenvalue weighted by atomic mass is 9.87. The van der Waals surface area contributed by atoms with E-state index in [9.17, 15) is 19.6 Å². The summed E-state index contributed by atoms with van der Waals surface area (Å²) in [5.41, 5.74) is 4.00. The number of likely N-dealkylation sites (tertiary alicyclic amines) is 1. The second-order valence-electron chi connectivity index (χ2n) is 8.18. The molecular weight excluding hydrogens is 400 g/mol. The van der Waals surface area contributed by atoms with E-state index >= 15 is 0 Å². The van der Waals surface area contributed by atoms with Crippen LogP contribution < -0.4 is 10.8 Å². The van der Waals surface area contributed by atoms with Gasteiger partial charge in [0, 0.05) is 32.7 Å². The Hall–Kier alpha value is -2.91. The summed E-state index contributed by atoms with van der Waals surface area (Å²) in [6, 6.07) is 9.27. The molecule has 166 valence electrons. The Balaban J connectivity index is 1.39. The number of hydrogen-bond donors (Lipinski definition) is 3. The number of benzene rings is 1. The molecule has 0 spiro atoms. The van der Waals surface area contributed by atoms with Crippen LogP contribution in [0.3, 0.4) is 0 Å². The van der Waals surface area contributed by atoms with E-state index in [4.69, 9.17) is 4.74 Å². The number of piperidine rings is 1. The van der Waals surface area contributed by atoms with Crippen LogP contribution in [0.15, 0.2) is 36.4 Å². The molecule has 3 N–H and O–H groups in total. The molecule has 4 rings (SSSR count). The summed E-state index contributed by atoms with van der Waals surface area (Å²) in [7, 11) is 0. The van der Waals surface area contributed by atoms with Crippen LogP contribution in [-0.4, -0.2) is 77.8 Å². The second-order valence-corrected chi connectivity index (χ2v) is 8.18. The summed E-state index contributed by atoms with van der Waals surface area (Å²) < 4.78 is 5.49. The van der Waals surface area contributed by atoms with Crippen LogP contribution in [-0.2, 0) is 14.3 Å². The van der Waals surface area contributed by atoms with E-state index in [2.05, 4.69) is 17.4 Å². The Morgan fingerprint density at radius 3 is 2.48 bits per heavy atom. The van der Waals surface area contributed by atoms with Crippen molar-refractivity contribution >= 4 is 23.5 Å². The zero-order chi connectivity index (χ0) is 21.8. The normalized spacial score (nSPS) is 25.8. The van der Waals surface area contributed by atoms with E-state index < -0.39 is 30.1 Å². The molecule has 3 aliphatic rings. The van der Waals surface area contributed by atoms with Gasteiger partial charge < -0.3 is 19.9 Å². The molecule has 0 bridgehead atoms. The first-order chi connectivity index (χ1) is 15.1. The lowest BCUT2D eigenvalue weighted by Crippen LogP contribution is -2.60. The number of hydrogen-bond acceptors (Lipinski definition) is 6. The molecule has 3 heterocycles. The third-order valence-corrected chi connectivity index (χ3v) is 6.24. The maximum atomic E-state index is 13.2. The molecule has 0 saturated carbocycles. The molecule has 0 aromatic heterocycles. The van der Waals surface area contributed by atoms with Crippen molar-refractivity contribution in [2.45, 2.75) is 31.4 Å². The van der Waals surface area contributed by atoms with E-state index in [-0.39, 0.29) is 18.9 Å². The van der Waals surface area contributed by atoms with Crippen LogP contribution in [0.5, 0.6) is 0 Å². The molecule has 2 fully saturated rings. The minimum absolute atomic E-state index is 0.175. The van der Waals surface area contributed by atoms with Crippen LogP contribution in [0.4, 0.5) is 4.79 Å². The molecule has 2 saturated heterocycles. The molecule has 0 aliphatic carbocycles. The first-order valence-electron chi connectivity index (χ1n) is 10.7. The third kappa shape index (κ3) is 4.72. The van der Waals surface area contributed by atoms with Gasteiger partial charge in [-0.25, -0.2) is 10.3 Å². The highest BCUT2D eigenvalue weighted by Crippen LogP contribution is 2.26. The van der Waals surface area contributed by atoms with Gasteiger partial charge >= 0.3 is 6.09 Å². The Morgan fingerprint density at radius 2 is 1.87 bits per heavy atom. The molecule has 1 aromatic rings. The molecule has 9 nitrogen and oxygen atoms in total. The summed E-state index contributed by atoms with van der Waals surface area (Å²) in [4.78, 5) is 40.9. The topological polar surface area (TPSA) is 111 Å². The largest absolute Gasteiger partial charge is 0.445 e. The number of nitrogens with one attached hydrogen (secondary N) is 2. The van der Waals surface area contributed by atoms with Gasteiger partial charge in [0.25, 0.3) is 0 Å². The van der Waals surface area contributed by atoms with Gasteiger partial charge in [0.05, 0.1) is 12.0 Å². The fraction of sp³-hybridized carbons (Fsp3) is 0.500. The van der Waals surface area contributed by atoms with Crippen molar-refractivity contribution in [2.75, 3.05) is 32.7 Å². The summed E-state index contributed by atoms with van der Waals surface area (Å²) >= 11 is 0. The zero-order valence-corrected chi connectivity index (χ0v) is 17.3. The predicted octanol–water partition coefficient (Wildman–Crippen LogP) is 0.997. The van der Waals surface area contributed by atoms with Crippen LogP contribution in [0.1, 0.15) is 24.8 Å². The second kappa shape index (κ2) is 9.49. The lowest BCUT2D eigenvalue weighted by molar-refractivity contribution is -0.145. The fourth-order valence-electron chi connectivity index (χ4n) is 4.29. The standard InChI is InChI=1S/C22H28N4O5/c27-20(24-30)18-13-17(31-22(29)26-9-4-10-26)14-23-19(18)21(28)25-11-7-16(8-12-25)15-5-2-1-3-6-15/h1-3,5-7,17-19,23,30H,4,8-14H2,(H,24,27). The molecule has 1 aromatic carbocycles. The van der Waals surface area contributed by atoms with Crippen LogP contribution in [0.2, 0.25) is 0 Å². The van der Waals surface area contributed by atoms with Crippen LogP contribution in [0.25, 0.3) is 5.57 Å². The molecule has 3 aliphatic heterocycles. The fourth-order valence-corrected chi connectivity index (χ4v) is 4.29. The highest BCUT2D eigenvalue weighted by molar-refractivity contribution is 5.90. The van der Waals surface area contributed by atoms with Gasteiger partial charge in [-0.15, -0.1) is 0 Å². The average Bonchev–Trinajstić information content (AvgIpc) is 2.77. The number of carbonyl (C=O) groups is 3. The molecule has 3 atom stereocenters. The third-order valence-electron chi connectivity index (χ3n) is 6.24. The maximum absolute atomic E-state index is 13.2. The van der Waals surface area contributed by atoms with E-state index in [0.717, 1.165) is 18.4 Å². The number of hydroxylamine groups is 1. The van der Waals surface area contributed by atoms with Gasteiger partial charge in [0.15, 0.2) is 0 Å². The highest BCUT2D eigenvalue weighted by Gasteiger charge is 2.42. The highest BCUT2D eigenvalue weighted by atomic mass is 16.6. The quantitative estimate of drug-likeness (QED) is 0.487. The SMILES string of the molecule is O=C(NO)C1CC(OC(=O)N2CCC2)CNC1C(=O)N1CC=C(c2ccccc2)CC1. The minimum atomic E-state index is -0.833. The lowest BCUT2D eigenvalue weighted by Gasteiger charge is -2.39. The molecule has 3 unspecified atom stereocenters. The first-order valence-corrected chi connectivity index (χ1v) is 10.7. The Labute approximate surface area is 181 Å². The molecule has 0 radical (unpaired) electrons. The number of amides is 3. The number of rotatable bonds is 4. The number of carbonyl (C=O) groups excluding carboxylic acids is 3. The van der Waals surface area contributed by atoms with Gasteiger partial charge in [0.2, 0.25) is 11.8 Å². The molecular formula is C22H28N4O5. The monoisotopic (exact) mass is 428 g/mol. The molecule has 3 amide bonds. The van der Waals surface area contributed by atoms with Gasteiger partial charge in [0.1, 0.15) is 6.10 Å². The number of nitrogens with zero attached hydrogens (tertiary/aromatic N) is 2. The van der Waals surface area contributed by atoms with Crippen LogP contribution >= 0.6 is 0 Å². The van der Waals surface area contributed by atoms with Crippen molar-refractivity contribution in [3.8, 4) is 0 Å². The van der Waals surface area contributed by atoms with Crippen molar-refractivity contribution in [3.05, 3.63) is 42.0 Å². The molecule has 9 heteroatoms.